The highest BCUT2D eigenvalue weighted by Gasteiger charge is 2.18. The van der Waals surface area contributed by atoms with E-state index < -0.39 is 15.8 Å². The molecule has 0 bridgehead atoms. The van der Waals surface area contributed by atoms with E-state index in [0.29, 0.717) is 11.4 Å². The van der Waals surface area contributed by atoms with Gasteiger partial charge < -0.3 is 10.5 Å². The first kappa shape index (κ1) is 15.1. The summed E-state index contributed by atoms with van der Waals surface area (Å²) in [5.74, 6) is 0.0611. The van der Waals surface area contributed by atoms with E-state index >= 15 is 0 Å². The van der Waals surface area contributed by atoms with Gasteiger partial charge in [0.15, 0.2) is 0 Å². The Hall–Kier alpha value is -2.28. The van der Waals surface area contributed by atoms with E-state index in [1.807, 2.05) is 0 Å². The van der Waals surface area contributed by atoms with Gasteiger partial charge in [0.05, 0.1) is 12.8 Å². The van der Waals surface area contributed by atoms with Crippen LogP contribution in [-0.2, 0) is 10.0 Å². The summed E-state index contributed by atoms with van der Waals surface area (Å²) in [6.07, 6.45) is 0. The Morgan fingerprint density at radius 2 is 1.90 bits per heavy atom. The van der Waals surface area contributed by atoms with Crippen molar-refractivity contribution in [3.63, 3.8) is 0 Å². The number of hydrogen-bond donors (Lipinski definition) is 2. The Kier molecular flexibility index (Phi) is 4.04. The van der Waals surface area contributed by atoms with Gasteiger partial charge >= 0.3 is 0 Å². The van der Waals surface area contributed by atoms with Gasteiger partial charge in [-0.2, -0.15) is 0 Å². The van der Waals surface area contributed by atoms with Crippen molar-refractivity contribution in [2.75, 3.05) is 17.6 Å². The van der Waals surface area contributed by atoms with Gasteiger partial charge in [0, 0.05) is 5.69 Å². The van der Waals surface area contributed by atoms with Crippen LogP contribution in [0.5, 0.6) is 5.75 Å². The van der Waals surface area contributed by atoms with Gasteiger partial charge in [-0.1, -0.05) is 0 Å². The highest BCUT2D eigenvalue weighted by atomic mass is 32.2. The molecule has 7 heteroatoms. The summed E-state index contributed by atoms with van der Waals surface area (Å²) in [5, 5.41) is 0. The molecule has 0 aliphatic heterocycles. The second-order valence-electron chi connectivity index (χ2n) is 4.47. The minimum Gasteiger partial charge on any atom is -0.496 e. The fourth-order valence-corrected chi connectivity index (χ4v) is 3.08. The zero-order chi connectivity index (χ0) is 15.6. The summed E-state index contributed by atoms with van der Waals surface area (Å²) in [7, 11) is -2.35. The van der Waals surface area contributed by atoms with Gasteiger partial charge in [-0.05, 0) is 48.9 Å². The Morgan fingerprint density at radius 3 is 2.48 bits per heavy atom. The molecule has 0 aliphatic carbocycles. The molecule has 0 atom stereocenters. The quantitative estimate of drug-likeness (QED) is 0.850. The van der Waals surface area contributed by atoms with Crippen LogP contribution >= 0.6 is 0 Å². The van der Waals surface area contributed by atoms with Gasteiger partial charge in [0.2, 0.25) is 0 Å². The molecule has 0 unspecified atom stereocenters. The van der Waals surface area contributed by atoms with Crippen molar-refractivity contribution < 1.29 is 17.5 Å². The lowest BCUT2D eigenvalue weighted by Gasteiger charge is -2.12. The molecule has 2 aromatic rings. The average Bonchev–Trinajstić information content (AvgIpc) is 2.37. The van der Waals surface area contributed by atoms with Crippen molar-refractivity contribution in [3.05, 3.63) is 47.8 Å². The second kappa shape index (κ2) is 5.61. The lowest BCUT2D eigenvalue weighted by molar-refractivity contribution is 0.412. The fraction of sp³-hybridized carbons (Fsp3) is 0.143. The number of benzene rings is 2. The minimum absolute atomic E-state index is 0.146. The number of anilines is 2. The molecule has 5 nitrogen and oxygen atoms in total. The molecule has 2 aromatic carbocycles. The van der Waals surface area contributed by atoms with Gasteiger partial charge in [0.1, 0.15) is 16.5 Å². The average molecular weight is 310 g/mol. The largest absolute Gasteiger partial charge is 0.496 e. The molecule has 0 amide bonds. The molecule has 0 fully saturated rings. The number of methoxy groups -OCH3 is 1. The molecule has 21 heavy (non-hydrogen) atoms. The Labute approximate surface area is 122 Å². The Bertz CT molecular complexity index is 776. The van der Waals surface area contributed by atoms with Gasteiger partial charge in [-0.15, -0.1) is 0 Å². The Balaban J connectivity index is 2.35. The maximum atomic E-state index is 13.0. The number of aryl methyl sites for hydroxylation is 1. The van der Waals surface area contributed by atoms with Crippen LogP contribution in [-0.4, -0.2) is 15.5 Å². The van der Waals surface area contributed by atoms with Crippen LogP contribution in [0, 0.1) is 12.7 Å². The van der Waals surface area contributed by atoms with Crippen molar-refractivity contribution in [1.82, 2.24) is 0 Å². The number of ether oxygens (including phenoxy) is 1. The van der Waals surface area contributed by atoms with E-state index in [1.54, 1.807) is 25.1 Å². The highest BCUT2D eigenvalue weighted by molar-refractivity contribution is 7.92. The molecule has 0 aliphatic rings. The van der Waals surface area contributed by atoms with Crippen LogP contribution in [0.4, 0.5) is 15.8 Å². The molecule has 0 aromatic heterocycles. The van der Waals surface area contributed by atoms with Crippen LogP contribution < -0.4 is 15.2 Å². The molecule has 2 rings (SSSR count). The summed E-state index contributed by atoms with van der Waals surface area (Å²) >= 11 is 0. The monoisotopic (exact) mass is 310 g/mol. The maximum Gasteiger partial charge on any atom is 0.263 e. The van der Waals surface area contributed by atoms with Crippen LogP contribution in [0.25, 0.3) is 0 Å². The fourth-order valence-electron chi connectivity index (χ4n) is 1.92. The molecule has 0 saturated carbocycles. The van der Waals surface area contributed by atoms with E-state index in [2.05, 4.69) is 4.72 Å². The van der Waals surface area contributed by atoms with Crippen molar-refractivity contribution in [2.45, 2.75) is 11.8 Å². The SMILES string of the molecule is COc1ccc(NS(=O)(=O)c2ccc(F)cc2N)cc1C. The minimum atomic E-state index is -3.88. The number of nitrogens with one attached hydrogen (secondary N) is 1. The molecular weight excluding hydrogens is 295 g/mol. The van der Waals surface area contributed by atoms with Crippen molar-refractivity contribution in [2.24, 2.45) is 0 Å². The van der Waals surface area contributed by atoms with Crippen molar-refractivity contribution in [3.8, 4) is 5.75 Å². The maximum absolute atomic E-state index is 13.0. The van der Waals surface area contributed by atoms with E-state index in [-0.39, 0.29) is 10.6 Å². The lowest BCUT2D eigenvalue weighted by Crippen LogP contribution is -2.15. The first-order valence-corrected chi connectivity index (χ1v) is 7.54. The zero-order valence-corrected chi connectivity index (χ0v) is 12.4. The third-order valence-electron chi connectivity index (χ3n) is 2.91. The van der Waals surface area contributed by atoms with E-state index in [0.717, 1.165) is 23.8 Å². The molecule has 0 saturated heterocycles. The molecule has 0 heterocycles. The predicted octanol–water partition coefficient (Wildman–Crippen LogP) is 2.53. The third-order valence-corrected chi connectivity index (χ3v) is 4.36. The first-order valence-electron chi connectivity index (χ1n) is 6.06. The summed E-state index contributed by atoms with van der Waals surface area (Å²) < 4.78 is 45.0. The molecule has 3 N–H and O–H groups in total. The van der Waals surface area contributed by atoms with Gasteiger partial charge in [-0.25, -0.2) is 12.8 Å². The van der Waals surface area contributed by atoms with Crippen LogP contribution in [0.15, 0.2) is 41.3 Å². The number of rotatable bonds is 4. The summed E-state index contributed by atoms with van der Waals surface area (Å²) in [4.78, 5) is -0.169. The van der Waals surface area contributed by atoms with E-state index in [1.165, 1.54) is 7.11 Å². The number of sulfonamides is 1. The normalized spacial score (nSPS) is 11.2. The van der Waals surface area contributed by atoms with Gasteiger partial charge in [-0.3, -0.25) is 4.72 Å². The summed E-state index contributed by atoms with van der Waals surface area (Å²) in [6, 6.07) is 8.00. The topological polar surface area (TPSA) is 81.4 Å². The van der Waals surface area contributed by atoms with Crippen LogP contribution in [0.1, 0.15) is 5.56 Å². The zero-order valence-electron chi connectivity index (χ0n) is 11.6. The standard InChI is InChI=1S/C14H15FN2O3S/c1-9-7-11(4-5-13(9)20-2)17-21(18,19)14-6-3-10(15)8-12(14)16/h3-8,17H,16H2,1-2H3. The number of nitrogens with two attached hydrogens (primary N) is 1. The third kappa shape index (κ3) is 3.25. The summed E-state index contributed by atoms with van der Waals surface area (Å²) in [6.45, 7) is 1.79. The molecule has 0 radical (unpaired) electrons. The second-order valence-corrected chi connectivity index (χ2v) is 6.12. The predicted molar refractivity (Wildman–Crippen MR) is 79.4 cm³/mol. The number of halogens is 1. The number of hydrogen-bond acceptors (Lipinski definition) is 4. The van der Waals surface area contributed by atoms with Crippen LogP contribution in [0.3, 0.4) is 0 Å². The smallest absolute Gasteiger partial charge is 0.263 e. The number of nitrogen functional groups attached to an aromatic ring is 1. The highest BCUT2D eigenvalue weighted by Crippen LogP contribution is 2.25. The van der Waals surface area contributed by atoms with E-state index in [9.17, 15) is 12.8 Å². The molecule has 112 valence electrons. The van der Waals surface area contributed by atoms with Crippen molar-refractivity contribution >= 4 is 21.4 Å². The molecule has 0 spiro atoms. The first-order chi connectivity index (χ1) is 9.83. The van der Waals surface area contributed by atoms with E-state index in [4.69, 9.17) is 10.5 Å². The lowest BCUT2D eigenvalue weighted by atomic mass is 10.2. The van der Waals surface area contributed by atoms with Gasteiger partial charge in [0.25, 0.3) is 10.0 Å². The summed E-state index contributed by atoms with van der Waals surface area (Å²) in [5.41, 5.74) is 6.57. The Morgan fingerprint density at radius 1 is 1.19 bits per heavy atom. The molecular formula is C14H15FN2O3S. The van der Waals surface area contributed by atoms with Crippen molar-refractivity contribution in [1.29, 1.82) is 0 Å². The van der Waals surface area contributed by atoms with Crippen LogP contribution in [0.2, 0.25) is 0 Å².